The van der Waals surface area contributed by atoms with Crippen LogP contribution in [0.3, 0.4) is 0 Å². The summed E-state index contributed by atoms with van der Waals surface area (Å²) < 4.78 is 0. The second-order valence-electron chi connectivity index (χ2n) is 5.28. The van der Waals surface area contributed by atoms with Gasteiger partial charge in [0.1, 0.15) is 6.04 Å². The van der Waals surface area contributed by atoms with Gasteiger partial charge in [-0.15, -0.1) is 0 Å². The maximum atomic E-state index is 12.2. The van der Waals surface area contributed by atoms with Gasteiger partial charge in [0.2, 0.25) is 5.91 Å². The van der Waals surface area contributed by atoms with E-state index in [4.69, 9.17) is 5.11 Å². The molecular weight excluding hydrogens is 244 g/mol. The van der Waals surface area contributed by atoms with Crippen molar-refractivity contribution in [3.63, 3.8) is 0 Å². The highest BCUT2D eigenvalue weighted by atomic mass is 16.4. The van der Waals surface area contributed by atoms with Crippen molar-refractivity contribution in [2.24, 2.45) is 5.92 Å². The minimum atomic E-state index is -0.980. The molecule has 0 bridgehead atoms. The summed E-state index contributed by atoms with van der Waals surface area (Å²) in [7, 11) is 0. The van der Waals surface area contributed by atoms with E-state index in [1.165, 1.54) is 6.07 Å². The van der Waals surface area contributed by atoms with Crippen LogP contribution in [0.25, 0.3) is 0 Å². The highest BCUT2D eigenvalue weighted by molar-refractivity contribution is 6.05. The van der Waals surface area contributed by atoms with Crippen LogP contribution in [0.2, 0.25) is 0 Å². The number of hydrogen-bond acceptors (Lipinski definition) is 3. The number of carboxylic acid groups (broad SMARTS) is 1. The van der Waals surface area contributed by atoms with E-state index in [2.05, 4.69) is 17.1 Å². The van der Waals surface area contributed by atoms with Crippen molar-refractivity contribution in [3.05, 3.63) is 23.8 Å². The first-order valence-corrected chi connectivity index (χ1v) is 6.53. The molecule has 19 heavy (non-hydrogen) atoms. The fraction of sp³-hybridized carbons (Fsp3) is 0.429. The van der Waals surface area contributed by atoms with Crippen LogP contribution < -0.4 is 10.2 Å². The van der Waals surface area contributed by atoms with Gasteiger partial charge in [0.25, 0.3) is 0 Å². The summed E-state index contributed by atoms with van der Waals surface area (Å²) in [6.07, 6.45) is 2.11. The van der Waals surface area contributed by atoms with Crippen molar-refractivity contribution in [2.45, 2.75) is 25.8 Å². The number of aromatic carboxylic acids is 1. The number of nitrogens with one attached hydrogen (secondary N) is 1. The van der Waals surface area contributed by atoms with E-state index >= 15 is 0 Å². The molecule has 2 unspecified atom stereocenters. The van der Waals surface area contributed by atoms with Crippen molar-refractivity contribution in [1.82, 2.24) is 0 Å². The van der Waals surface area contributed by atoms with Crippen LogP contribution in [-0.4, -0.2) is 29.6 Å². The van der Waals surface area contributed by atoms with E-state index in [9.17, 15) is 9.59 Å². The van der Waals surface area contributed by atoms with Crippen molar-refractivity contribution in [1.29, 1.82) is 0 Å². The number of nitrogens with zero attached hydrogens (tertiary/aromatic N) is 1. The number of fused-ring (bicyclic) bond motifs is 3. The molecule has 0 aromatic heterocycles. The summed E-state index contributed by atoms with van der Waals surface area (Å²) in [5, 5.41) is 11.8. The maximum absolute atomic E-state index is 12.2. The predicted octanol–water partition coefficient (Wildman–Crippen LogP) is 1.94. The van der Waals surface area contributed by atoms with Gasteiger partial charge in [-0.05, 0) is 37.0 Å². The van der Waals surface area contributed by atoms with Gasteiger partial charge in [0.15, 0.2) is 0 Å². The zero-order valence-corrected chi connectivity index (χ0v) is 10.7. The third-order valence-corrected chi connectivity index (χ3v) is 4.01. The largest absolute Gasteiger partial charge is 0.478 e. The van der Waals surface area contributed by atoms with Gasteiger partial charge in [0.05, 0.1) is 16.9 Å². The lowest BCUT2D eigenvalue weighted by Gasteiger charge is -2.44. The highest BCUT2D eigenvalue weighted by Crippen LogP contribution is 2.38. The molecule has 1 amide bonds. The Morgan fingerprint density at radius 3 is 3.00 bits per heavy atom. The molecule has 100 valence electrons. The Balaban J connectivity index is 2.05. The monoisotopic (exact) mass is 260 g/mol. The summed E-state index contributed by atoms with van der Waals surface area (Å²) in [5.74, 6) is -0.686. The normalized spacial score (nSPS) is 25.3. The number of amides is 1. The average Bonchev–Trinajstić information content (AvgIpc) is 2.38. The summed E-state index contributed by atoms with van der Waals surface area (Å²) >= 11 is 0. The van der Waals surface area contributed by atoms with Crippen molar-refractivity contribution in [3.8, 4) is 0 Å². The summed E-state index contributed by atoms with van der Waals surface area (Å²) in [6, 6.07) is 4.79. The van der Waals surface area contributed by atoms with Crippen molar-refractivity contribution >= 4 is 23.3 Å². The molecule has 0 aliphatic carbocycles. The molecule has 2 aliphatic heterocycles. The van der Waals surface area contributed by atoms with Crippen LogP contribution in [0.5, 0.6) is 0 Å². The first kappa shape index (κ1) is 12.0. The second-order valence-corrected chi connectivity index (χ2v) is 5.28. The van der Waals surface area contributed by atoms with E-state index in [0.29, 0.717) is 11.6 Å². The van der Waals surface area contributed by atoms with Gasteiger partial charge in [-0.1, -0.05) is 6.92 Å². The van der Waals surface area contributed by atoms with Gasteiger partial charge >= 0.3 is 5.97 Å². The van der Waals surface area contributed by atoms with Crippen LogP contribution >= 0.6 is 0 Å². The Morgan fingerprint density at radius 1 is 1.47 bits per heavy atom. The first-order chi connectivity index (χ1) is 9.08. The molecule has 2 heterocycles. The summed E-state index contributed by atoms with van der Waals surface area (Å²) in [4.78, 5) is 25.3. The van der Waals surface area contributed by atoms with Crippen LogP contribution in [0, 0.1) is 5.92 Å². The van der Waals surface area contributed by atoms with Crippen LogP contribution in [0.1, 0.15) is 30.1 Å². The van der Waals surface area contributed by atoms with E-state index < -0.39 is 5.97 Å². The summed E-state index contributed by atoms with van der Waals surface area (Å²) in [6.45, 7) is 2.94. The molecule has 1 aromatic rings. The van der Waals surface area contributed by atoms with Crippen molar-refractivity contribution in [2.75, 3.05) is 16.8 Å². The van der Waals surface area contributed by atoms with Crippen molar-refractivity contribution < 1.29 is 14.7 Å². The number of anilines is 2. The molecule has 2 aliphatic rings. The molecule has 1 aromatic carbocycles. The number of rotatable bonds is 1. The lowest BCUT2D eigenvalue weighted by molar-refractivity contribution is -0.119. The molecule has 0 radical (unpaired) electrons. The van der Waals surface area contributed by atoms with Crippen LogP contribution in [0.15, 0.2) is 18.2 Å². The molecule has 0 saturated carbocycles. The number of hydrogen-bond donors (Lipinski definition) is 2. The number of piperidine rings is 1. The minimum absolute atomic E-state index is 0.0257. The Morgan fingerprint density at radius 2 is 2.26 bits per heavy atom. The topological polar surface area (TPSA) is 69.6 Å². The molecule has 2 N–H and O–H groups in total. The van der Waals surface area contributed by atoms with Gasteiger partial charge in [0, 0.05) is 6.54 Å². The molecule has 5 nitrogen and oxygen atoms in total. The molecule has 1 saturated heterocycles. The molecule has 0 spiro atoms. The number of carbonyl (C=O) groups excluding carboxylic acids is 1. The SMILES string of the molecule is CC1CCCN2c3ccc(C(=O)O)cc3NC(=O)C12. The lowest BCUT2D eigenvalue weighted by Crippen LogP contribution is -2.54. The van der Waals surface area contributed by atoms with Crippen LogP contribution in [0.4, 0.5) is 11.4 Å². The standard InChI is InChI=1S/C14H16N2O3/c1-8-3-2-6-16-11-5-4-9(14(18)19)7-10(11)15-13(17)12(8)16/h4-5,7-8,12H,2-3,6H2,1H3,(H,15,17)(H,18,19). The van der Waals surface area contributed by atoms with E-state index in [0.717, 1.165) is 25.1 Å². The second kappa shape index (κ2) is 4.26. The third-order valence-electron chi connectivity index (χ3n) is 4.01. The Hall–Kier alpha value is -2.04. The fourth-order valence-corrected chi connectivity index (χ4v) is 3.08. The smallest absolute Gasteiger partial charge is 0.335 e. The Labute approximate surface area is 111 Å². The van der Waals surface area contributed by atoms with Crippen LogP contribution in [-0.2, 0) is 4.79 Å². The molecule has 5 heteroatoms. The minimum Gasteiger partial charge on any atom is -0.478 e. The fourth-order valence-electron chi connectivity index (χ4n) is 3.08. The van der Waals surface area contributed by atoms with Gasteiger partial charge in [-0.3, -0.25) is 4.79 Å². The molecular formula is C14H16N2O3. The Kier molecular flexibility index (Phi) is 2.69. The third kappa shape index (κ3) is 1.85. The highest BCUT2D eigenvalue weighted by Gasteiger charge is 2.38. The van der Waals surface area contributed by atoms with Gasteiger partial charge in [-0.2, -0.15) is 0 Å². The molecule has 2 atom stereocenters. The first-order valence-electron chi connectivity index (χ1n) is 6.53. The Bertz CT molecular complexity index is 556. The van der Waals surface area contributed by atoms with Gasteiger partial charge in [-0.25, -0.2) is 4.79 Å². The quantitative estimate of drug-likeness (QED) is 0.809. The average molecular weight is 260 g/mol. The maximum Gasteiger partial charge on any atom is 0.335 e. The molecule has 3 rings (SSSR count). The van der Waals surface area contributed by atoms with E-state index in [-0.39, 0.29) is 17.5 Å². The molecule has 1 fully saturated rings. The zero-order chi connectivity index (χ0) is 13.6. The predicted molar refractivity (Wildman–Crippen MR) is 71.6 cm³/mol. The number of benzene rings is 1. The zero-order valence-electron chi connectivity index (χ0n) is 10.7. The number of carboxylic acids is 1. The van der Waals surface area contributed by atoms with E-state index in [1.807, 2.05) is 0 Å². The van der Waals surface area contributed by atoms with Gasteiger partial charge < -0.3 is 15.3 Å². The lowest BCUT2D eigenvalue weighted by atomic mass is 9.88. The van der Waals surface area contributed by atoms with E-state index in [1.54, 1.807) is 12.1 Å². The number of carbonyl (C=O) groups is 2. The summed E-state index contributed by atoms with van der Waals surface area (Å²) in [5.41, 5.74) is 1.74.